The van der Waals surface area contributed by atoms with E-state index < -0.39 is 0 Å². The first-order valence-corrected chi connectivity index (χ1v) is 5.98. The lowest BCUT2D eigenvalue weighted by molar-refractivity contribution is -0.120. The summed E-state index contributed by atoms with van der Waals surface area (Å²) in [5.41, 5.74) is 0.654. The smallest absolute Gasteiger partial charge is 0.250 e. The SMILES string of the molecule is CCCCOCC(=O)Nc1cc(C#N)cnc1Cl. The molecule has 1 N–H and O–H groups in total. The number of aromatic nitrogens is 1. The molecule has 0 aliphatic heterocycles. The normalized spacial score (nSPS) is 9.83. The fraction of sp³-hybridized carbons (Fsp3) is 0.417. The Labute approximate surface area is 111 Å². The molecule has 0 unspecified atom stereocenters. The van der Waals surface area contributed by atoms with E-state index >= 15 is 0 Å². The number of anilines is 1. The number of nitrogens with zero attached hydrogens (tertiary/aromatic N) is 2. The van der Waals surface area contributed by atoms with Crippen LogP contribution in [-0.2, 0) is 9.53 Å². The number of pyridine rings is 1. The molecule has 18 heavy (non-hydrogen) atoms. The Balaban J connectivity index is 2.51. The topological polar surface area (TPSA) is 75.0 Å². The number of halogens is 1. The fourth-order valence-electron chi connectivity index (χ4n) is 1.19. The van der Waals surface area contributed by atoms with Gasteiger partial charge in [-0.25, -0.2) is 4.98 Å². The number of carbonyl (C=O) groups excluding carboxylic acids is 1. The fourth-order valence-corrected chi connectivity index (χ4v) is 1.35. The summed E-state index contributed by atoms with van der Waals surface area (Å²) in [6, 6.07) is 3.40. The second-order valence-electron chi connectivity index (χ2n) is 3.63. The van der Waals surface area contributed by atoms with Crippen LogP contribution in [0.5, 0.6) is 0 Å². The molecule has 0 aliphatic rings. The molecule has 0 saturated heterocycles. The van der Waals surface area contributed by atoms with Crippen LogP contribution in [-0.4, -0.2) is 24.1 Å². The molecule has 0 radical (unpaired) electrons. The molecular weight excluding hydrogens is 254 g/mol. The van der Waals surface area contributed by atoms with Crippen molar-refractivity contribution >= 4 is 23.2 Å². The summed E-state index contributed by atoms with van der Waals surface area (Å²) in [4.78, 5) is 15.3. The maximum absolute atomic E-state index is 11.5. The maximum Gasteiger partial charge on any atom is 0.250 e. The molecule has 0 atom stereocenters. The van der Waals surface area contributed by atoms with Gasteiger partial charge in [-0.15, -0.1) is 0 Å². The summed E-state index contributed by atoms with van der Waals surface area (Å²) in [5.74, 6) is -0.315. The average molecular weight is 268 g/mol. The van der Waals surface area contributed by atoms with Crippen molar-refractivity contribution in [2.75, 3.05) is 18.5 Å². The van der Waals surface area contributed by atoms with E-state index in [1.54, 1.807) is 0 Å². The highest BCUT2D eigenvalue weighted by molar-refractivity contribution is 6.32. The number of unbranched alkanes of at least 4 members (excludes halogenated alkanes) is 1. The number of hydrogen-bond acceptors (Lipinski definition) is 4. The Kier molecular flexibility index (Phi) is 6.12. The van der Waals surface area contributed by atoms with Gasteiger partial charge in [-0.1, -0.05) is 24.9 Å². The van der Waals surface area contributed by atoms with E-state index in [4.69, 9.17) is 21.6 Å². The van der Waals surface area contributed by atoms with Gasteiger partial charge in [-0.2, -0.15) is 5.26 Å². The molecule has 0 fully saturated rings. The molecule has 6 heteroatoms. The van der Waals surface area contributed by atoms with Gasteiger partial charge in [0.25, 0.3) is 0 Å². The molecule has 1 aromatic heterocycles. The van der Waals surface area contributed by atoms with E-state index in [2.05, 4.69) is 10.3 Å². The van der Waals surface area contributed by atoms with Crippen LogP contribution in [0.25, 0.3) is 0 Å². The highest BCUT2D eigenvalue weighted by Gasteiger charge is 2.08. The first kappa shape index (κ1) is 14.4. The van der Waals surface area contributed by atoms with Crippen LogP contribution in [0.15, 0.2) is 12.3 Å². The number of nitrogens with one attached hydrogen (secondary N) is 1. The molecule has 1 rings (SSSR count). The van der Waals surface area contributed by atoms with E-state index in [1.165, 1.54) is 12.3 Å². The molecular formula is C12H14ClN3O2. The van der Waals surface area contributed by atoms with Crippen LogP contribution in [0.1, 0.15) is 25.3 Å². The van der Waals surface area contributed by atoms with Crippen molar-refractivity contribution in [2.45, 2.75) is 19.8 Å². The number of hydrogen-bond donors (Lipinski definition) is 1. The summed E-state index contributed by atoms with van der Waals surface area (Å²) >= 11 is 5.80. The van der Waals surface area contributed by atoms with E-state index in [9.17, 15) is 4.79 Å². The van der Waals surface area contributed by atoms with Crippen molar-refractivity contribution in [3.05, 3.63) is 23.0 Å². The zero-order chi connectivity index (χ0) is 13.4. The van der Waals surface area contributed by atoms with E-state index in [1.807, 2.05) is 13.0 Å². The summed E-state index contributed by atoms with van der Waals surface area (Å²) in [7, 11) is 0. The minimum absolute atomic E-state index is 0.0346. The van der Waals surface area contributed by atoms with Crippen molar-refractivity contribution < 1.29 is 9.53 Å². The standard InChI is InChI=1S/C12H14ClN3O2/c1-2-3-4-18-8-11(17)16-10-5-9(6-14)7-15-12(10)13/h5,7H,2-4,8H2,1H3,(H,16,17). The number of amides is 1. The van der Waals surface area contributed by atoms with E-state index in [-0.39, 0.29) is 17.7 Å². The molecule has 96 valence electrons. The minimum Gasteiger partial charge on any atom is -0.372 e. The lowest BCUT2D eigenvalue weighted by atomic mass is 10.3. The molecule has 5 nitrogen and oxygen atoms in total. The Morgan fingerprint density at radius 1 is 1.67 bits per heavy atom. The molecule has 0 bridgehead atoms. The van der Waals surface area contributed by atoms with Gasteiger partial charge in [-0.05, 0) is 12.5 Å². The third kappa shape index (κ3) is 4.70. The van der Waals surface area contributed by atoms with Gasteiger partial charge in [0, 0.05) is 12.8 Å². The first-order valence-electron chi connectivity index (χ1n) is 5.60. The van der Waals surface area contributed by atoms with E-state index in [0.717, 1.165) is 12.8 Å². The van der Waals surface area contributed by atoms with Gasteiger partial charge in [0.1, 0.15) is 12.7 Å². The van der Waals surface area contributed by atoms with Crippen LogP contribution in [0.4, 0.5) is 5.69 Å². The Morgan fingerprint density at radius 3 is 3.11 bits per heavy atom. The predicted octanol–water partition coefficient (Wildman–Crippen LogP) is 2.36. The molecule has 1 heterocycles. The third-order valence-corrected chi connectivity index (χ3v) is 2.42. The van der Waals surface area contributed by atoms with Crippen LogP contribution in [0.3, 0.4) is 0 Å². The number of carbonyl (C=O) groups is 1. The maximum atomic E-state index is 11.5. The molecule has 0 saturated carbocycles. The summed E-state index contributed by atoms with van der Waals surface area (Å²) in [5, 5.41) is 11.4. The first-order chi connectivity index (χ1) is 8.67. The average Bonchev–Trinajstić information content (AvgIpc) is 2.37. The van der Waals surface area contributed by atoms with Gasteiger partial charge < -0.3 is 10.1 Å². The Bertz CT molecular complexity index is 457. The number of nitriles is 1. The molecule has 1 amide bonds. The second-order valence-corrected chi connectivity index (χ2v) is 3.99. The Morgan fingerprint density at radius 2 is 2.44 bits per heavy atom. The zero-order valence-corrected chi connectivity index (χ0v) is 10.8. The molecule has 1 aromatic rings. The second kappa shape index (κ2) is 7.64. The number of rotatable bonds is 6. The monoisotopic (exact) mass is 267 g/mol. The van der Waals surface area contributed by atoms with Gasteiger partial charge >= 0.3 is 0 Å². The highest BCUT2D eigenvalue weighted by Crippen LogP contribution is 2.19. The minimum atomic E-state index is -0.315. The quantitative estimate of drug-likeness (QED) is 0.634. The molecule has 0 aliphatic carbocycles. The lowest BCUT2D eigenvalue weighted by Crippen LogP contribution is -2.19. The van der Waals surface area contributed by atoms with Gasteiger partial charge in [-0.3, -0.25) is 4.79 Å². The summed E-state index contributed by atoms with van der Waals surface area (Å²) < 4.78 is 5.16. The summed E-state index contributed by atoms with van der Waals surface area (Å²) in [6.45, 7) is 2.56. The van der Waals surface area contributed by atoms with Crippen LogP contribution in [0.2, 0.25) is 5.15 Å². The third-order valence-electron chi connectivity index (χ3n) is 2.12. The van der Waals surface area contributed by atoms with Gasteiger partial charge in [0.2, 0.25) is 5.91 Å². The number of ether oxygens (including phenoxy) is 1. The highest BCUT2D eigenvalue weighted by atomic mass is 35.5. The largest absolute Gasteiger partial charge is 0.372 e. The van der Waals surface area contributed by atoms with Crippen molar-refractivity contribution in [1.82, 2.24) is 4.98 Å². The van der Waals surface area contributed by atoms with Crippen molar-refractivity contribution in [3.63, 3.8) is 0 Å². The van der Waals surface area contributed by atoms with Crippen molar-refractivity contribution in [1.29, 1.82) is 5.26 Å². The van der Waals surface area contributed by atoms with Crippen molar-refractivity contribution in [3.8, 4) is 6.07 Å². The van der Waals surface area contributed by atoms with Gasteiger partial charge in [0.05, 0.1) is 11.3 Å². The van der Waals surface area contributed by atoms with Crippen LogP contribution >= 0.6 is 11.6 Å². The van der Waals surface area contributed by atoms with Crippen LogP contribution < -0.4 is 5.32 Å². The molecule has 0 spiro atoms. The van der Waals surface area contributed by atoms with E-state index in [0.29, 0.717) is 17.9 Å². The van der Waals surface area contributed by atoms with Crippen molar-refractivity contribution in [2.24, 2.45) is 0 Å². The predicted molar refractivity (Wildman–Crippen MR) is 68.3 cm³/mol. The Hall–Kier alpha value is -1.64. The van der Waals surface area contributed by atoms with Crippen LogP contribution in [0, 0.1) is 11.3 Å². The van der Waals surface area contributed by atoms with Gasteiger partial charge in [0.15, 0.2) is 5.15 Å². The zero-order valence-electron chi connectivity index (χ0n) is 10.1. The lowest BCUT2D eigenvalue weighted by Gasteiger charge is -2.07. The molecule has 0 aromatic carbocycles. The summed E-state index contributed by atoms with van der Waals surface area (Å²) in [6.07, 6.45) is 3.27.